The summed E-state index contributed by atoms with van der Waals surface area (Å²) in [5.41, 5.74) is 2.22. The first kappa shape index (κ1) is 15.8. The van der Waals surface area contributed by atoms with Gasteiger partial charge in [0.25, 0.3) is 11.5 Å². The number of hydrogen-bond acceptors (Lipinski definition) is 3. The van der Waals surface area contributed by atoms with Crippen LogP contribution >= 0.6 is 0 Å². The molecule has 24 heavy (non-hydrogen) atoms. The summed E-state index contributed by atoms with van der Waals surface area (Å²) in [6, 6.07) is 12.6. The van der Waals surface area contributed by atoms with Gasteiger partial charge in [-0.3, -0.25) is 9.59 Å². The third-order valence-electron chi connectivity index (χ3n) is 4.22. The summed E-state index contributed by atoms with van der Waals surface area (Å²) in [4.78, 5) is 25.2. The van der Waals surface area contributed by atoms with Gasteiger partial charge < -0.3 is 15.0 Å². The molecule has 0 aliphatic rings. The molecule has 2 N–H and O–H groups in total. The fraction of sp³-hybridized carbons (Fsp3) is 0.158. The minimum Gasteiger partial charge on any atom is -0.506 e. The van der Waals surface area contributed by atoms with Gasteiger partial charge in [0.15, 0.2) is 0 Å². The molecule has 0 aliphatic heterocycles. The maximum Gasteiger partial charge on any atom is 0.267 e. The Hall–Kier alpha value is -3.08. The van der Waals surface area contributed by atoms with Crippen molar-refractivity contribution in [3.05, 3.63) is 69.5 Å². The second-order valence-electron chi connectivity index (χ2n) is 5.83. The number of carbonyl (C=O) groups excluding carboxylic acids is 1. The molecule has 5 nitrogen and oxygen atoms in total. The lowest BCUT2D eigenvalue weighted by molar-refractivity contribution is 0.102. The fourth-order valence-corrected chi connectivity index (χ4v) is 2.87. The Morgan fingerprint density at radius 3 is 2.33 bits per heavy atom. The molecule has 3 rings (SSSR count). The summed E-state index contributed by atoms with van der Waals surface area (Å²) in [7, 11) is 1.58. The van der Waals surface area contributed by atoms with Crippen LogP contribution in [0.25, 0.3) is 10.9 Å². The van der Waals surface area contributed by atoms with Crippen molar-refractivity contribution >= 4 is 22.5 Å². The zero-order chi connectivity index (χ0) is 17.4. The summed E-state index contributed by atoms with van der Waals surface area (Å²) >= 11 is 0. The summed E-state index contributed by atoms with van der Waals surface area (Å²) in [6.45, 7) is 3.75. The maximum atomic E-state index is 12.7. The molecule has 0 saturated heterocycles. The number of aryl methyl sites for hydroxylation is 3. The topological polar surface area (TPSA) is 71.3 Å². The highest BCUT2D eigenvalue weighted by molar-refractivity contribution is 6.09. The predicted octanol–water partition coefficient (Wildman–Crippen LogP) is 3.11. The van der Waals surface area contributed by atoms with Crippen LogP contribution in [0.2, 0.25) is 0 Å². The van der Waals surface area contributed by atoms with E-state index in [4.69, 9.17) is 0 Å². The lowest BCUT2D eigenvalue weighted by atomic mass is 10.1. The number of nitrogens with one attached hydrogen (secondary N) is 1. The molecule has 1 aromatic heterocycles. The first-order valence-corrected chi connectivity index (χ1v) is 7.60. The van der Waals surface area contributed by atoms with Crippen molar-refractivity contribution in [2.24, 2.45) is 7.05 Å². The van der Waals surface area contributed by atoms with E-state index in [0.29, 0.717) is 16.6 Å². The molecule has 0 fully saturated rings. The lowest BCUT2D eigenvalue weighted by Crippen LogP contribution is -2.28. The molecular formula is C19H18N2O3. The molecule has 0 bridgehead atoms. The van der Waals surface area contributed by atoms with Gasteiger partial charge >= 0.3 is 0 Å². The predicted molar refractivity (Wildman–Crippen MR) is 94.7 cm³/mol. The highest BCUT2D eigenvalue weighted by Crippen LogP contribution is 2.27. The van der Waals surface area contributed by atoms with Crippen LogP contribution in [0.5, 0.6) is 5.75 Å². The van der Waals surface area contributed by atoms with Crippen molar-refractivity contribution in [3.8, 4) is 5.75 Å². The summed E-state index contributed by atoms with van der Waals surface area (Å²) in [5.74, 6) is -0.909. The van der Waals surface area contributed by atoms with Gasteiger partial charge in [-0.1, -0.05) is 30.3 Å². The van der Waals surface area contributed by atoms with Gasteiger partial charge in [-0.25, -0.2) is 0 Å². The number of fused-ring (bicyclic) bond motifs is 1. The molecule has 0 unspecified atom stereocenters. The van der Waals surface area contributed by atoms with Gasteiger partial charge in [-0.2, -0.15) is 0 Å². The molecule has 122 valence electrons. The number of pyridine rings is 1. The molecule has 0 saturated carbocycles. The minimum atomic E-state index is -0.615. The van der Waals surface area contributed by atoms with Crippen LogP contribution in [0, 0.1) is 13.8 Å². The van der Waals surface area contributed by atoms with Gasteiger partial charge in [-0.05, 0) is 37.1 Å². The summed E-state index contributed by atoms with van der Waals surface area (Å²) in [5, 5.41) is 13.7. The SMILES string of the molecule is Cc1cccc(C)c1NC(=O)c1c(O)c2ccccc2n(C)c1=O. The van der Waals surface area contributed by atoms with Crippen LogP contribution < -0.4 is 10.9 Å². The van der Waals surface area contributed by atoms with Gasteiger partial charge in [-0.15, -0.1) is 0 Å². The number of aromatic nitrogens is 1. The number of para-hydroxylation sites is 2. The zero-order valence-corrected chi connectivity index (χ0v) is 13.8. The normalized spacial score (nSPS) is 10.8. The number of nitrogens with zero attached hydrogens (tertiary/aromatic N) is 1. The number of benzene rings is 2. The van der Waals surface area contributed by atoms with Crippen LogP contribution in [0.3, 0.4) is 0 Å². The molecule has 0 aliphatic carbocycles. The van der Waals surface area contributed by atoms with E-state index in [1.54, 1.807) is 31.3 Å². The fourth-order valence-electron chi connectivity index (χ4n) is 2.87. The Labute approximate surface area is 139 Å². The van der Waals surface area contributed by atoms with E-state index >= 15 is 0 Å². The summed E-state index contributed by atoms with van der Waals surface area (Å²) in [6.07, 6.45) is 0. The van der Waals surface area contributed by atoms with Gasteiger partial charge in [0.2, 0.25) is 0 Å². The highest BCUT2D eigenvalue weighted by atomic mass is 16.3. The second-order valence-corrected chi connectivity index (χ2v) is 5.83. The largest absolute Gasteiger partial charge is 0.506 e. The number of anilines is 1. The smallest absolute Gasteiger partial charge is 0.267 e. The van der Waals surface area contributed by atoms with Gasteiger partial charge in [0.05, 0.1) is 5.52 Å². The molecule has 1 heterocycles. The molecular weight excluding hydrogens is 304 g/mol. The quantitative estimate of drug-likeness (QED) is 0.761. The Morgan fingerprint density at radius 2 is 1.67 bits per heavy atom. The van der Waals surface area contributed by atoms with E-state index in [0.717, 1.165) is 11.1 Å². The summed E-state index contributed by atoms with van der Waals surface area (Å²) < 4.78 is 1.37. The number of amides is 1. The van der Waals surface area contributed by atoms with Crippen molar-refractivity contribution in [2.75, 3.05) is 5.32 Å². The van der Waals surface area contributed by atoms with Crippen LogP contribution in [-0.2, 0) is 7.05 Å². The Morgan fingerprint density at radius 1 is 1.04 bits per heavy atom. The van der Waals surface area contributed by atoms with E-state index < -0.39 is 11.5 Å². The maximum absolute atomic E-state index is 12.7. The average Bonchev–Trinajstić information content (AvgIpc) is 2.56. The Balaban J connectivity index is 2.16. The van der Waals surface area contributed by atoms with E-state index in [1.807, 2.05) is 32.0 Å². The van der Waals surface area contributed by atoms with Crippen molar-refractivity contribution < 1.29 is 9.90 Å². The monoisotopic (exact) mass is 322 g/mol. The zero-order valence-electron chi connectivity index (χ0n) is 13.8. The molecule has 1 amide bonds. The Kier molecular flexibility index (Phi) is 3.85. The molecule has 3 aromatic rings. The van der Waals surface area contributed by atoms with Crippen molar-refractivity contribution in [1.82, 2.24) is 4.57 Å². The van der Waals surface area contributed by atoms with Crippen molar-refractivity contribution in [2.45, 2.75) is 13.8 Å². The lowest BCUT2D eigenvalue weighted by Gasteiger charge is -2.14. The van der Waals surface area contributed by atoms with Crippen LogP contribution in [-0.4, -0.2) is 15.6 Å². The van der Waals surface area contributed by atoms with E-state index in [-0.39, 0.29) is 11.3 Å². The van der Waals surface area contributed by atoms with Crippen molar-refractivity contribution in [1.29, 1.82) is 0 Å². The van der Waals surface area contributed by atoms with E-state index in [1.165, 1.54) is 4.57 Å². The van der Waals surface area contributed by atoms with Crippen molar-refractivity contribution in [3.63, 3.8) is 0 Å². The number of hydrogen-bond donors (Lipinski definition) is 2. The van der Waals surface area contributed by atoms with Gasteiger partial charge in [0.1, 0.15) is 11.3 Å². The first-order chi connectivity index (χ1) is 11.4. The van der Waals surface area contributed by atoms with Gasteiger partial charge in [0, 0.05) is 18.1 Å². The second kappa shape index (κ2) is 5.85. The van der Waals surface area contributed by atoms with Crippen LogP contribution in [0.4, 0.5) is 5.69 Å². The highest BCUT2D eigenvalue weighted by Gasteiger charge is 2.21. The molecule has 0 radical (unpaired) electrons. The number of rotatable bonds is 2. The average molecular weight is 322 g/mol. The van der Waals surface area contributed by atoms with Crippen LogP contribution in [0.1, 0.15) is 21.5 Å². The molecule has 2 aromatic carbocycles. The molecule has 0 atom stereocenters. The first-order valence-electron chi connectivity index (χ1n) is 7.60. The third-order valence-corrected chi connectivity index (χ3v) is 4.22. The molecule has 5 heteroatoms. The standard InChI is InChI=1S/C19H18N2O3/c1-11-7-6-8-12(2)16(11)20-18(23)15-17(22)13-9-4-5-10-14(13)21(3)19(15)24/h4-10,22H,1-3H3,(H,20,23). The third kappa shape index (κ3) is 2.44. The Bertz CT molecular complexity index is 999. The molecule has 0 spiro atoms. The van der Waals surface area contributed by atoms with Crippen LogP contribution in [0.15, 0.2) is 47.3 Å². The minimum absolute atomic E-state index is 0.251. The number of carbonyl (C=O) groups is 1. The van der Waals surface area contributed by atoms with E-state index in [9.17, 15) is 14.7 Å². The van der Waals surface area contributed by atoms with E-state index in [2.05, 4.69) is 5.32 Å². The number of aromatic hydroxyl groups is 1.